The van der Waals surface area contributed by atoms with Crippen molar-refractivity contribution in [2.75, 3.05) is 17.2 Å². The van der Waals surface area contributed by atoms with E-state index in [4.69, 9.17) is 27.4 Å². The minimum absolute atomic E-state index is 0.0238. The van der Waals surface area contributed by atoms with Crippen LogP contribution < -0.4 is 22.5 Å². The molecule has 1 heterocycles. The molecule has 0 bridgehead atoms. The lowest BCUT2D eigenvalue weighted by atomic mass is 10.0. The SMILES string of the molecule is Nc1nc(N)c(CCCc2ccc(C(=O)N[C@@H](CCC(=O)O)C(=O)O)cc2)c(N)n1. The molecule has 1 aromatic carbocycles. The van der Waals surface area contributed by atoms with Crippen molar-refractivity contribution in [3.05, 3.63) is 41.0 Å². The lowest BCUT2D eigenvalue weighted by molar-refractivity contribution is -0.140. The van der Waals surface area contributed by atoms with Gasteiger partial charge in [0.05, 0.1) is 0 Å². The summed E-state index contributed by atoms with van der Waals surface area (Å²) in [6.45, 7) is 0. The quantitative estimate of drug-likeness (QED) is 0.315. The fourth-order valence-corrected chi connectivity index (χ4v) is 2.85. The highest BCUT2D eigenvalue weighted by Crippen LogP contribution is 2.19. The zero-order valence-corrected chi connectivity index (χ0v) is 16.2. The molecule has 1 atom stereocenters. The number of rotatable bonds is 10. The normalized spacial score (nSPS) is 11.6. The number of hydrogen-bond donors (Lipinski definition) is 6. The third-order valence-electron chi connectivity index (χ3n) is 4.45. The van der Waals surface area contributed by atoms with E-state index in [2.05, 4.69) is 15.3 Å². The van der Waals surface area contributed by atoms with Gasteiger partial charge in [-0.2, -0.15) is 9.97 Å². The van der Waals surface area contributed by atoms with Crippen molar-refractivity contribution >= 4 is 35.4 Å². The highest BCUT2D eigenvalue weighted by atomic mass is 16.4. The molecule has 0 aliphatic carbocycles. The summed E-state index contributed by atoms with van der Waals surface area (Å²) >= 11 is 0. The predicted octanol–water partition coefficient (Wildman–Crippen LogP) is 0.446. The van der Waals surface area contributed by atoms with Crippen molar-refractivity contribution < 1.29 is 24.6 Å². The van der Waals surface area contributed by atoms with Gasteiger partial charge < -0.3 is 32.7 Å². The summed E-state index contributed by atoms with van der Waals surface area (Å²) in [6.07, 6.45) is 1.40. The van der Waals surface area contributed by atoms with Gasteiger partial charge in [-0.1, -0.05) is 12.1 Å². The Hall–Kier alpha value is -3.89. The van der Waals surface area contributed by atoms with Crippen LogP contribution in [-0.2, 0) is 22.4 Å². The second kappa shape index (κ2) is 10.0. The van der Waals surface area contributed by atoms with Crippen LogP contribution in [0.1, 0.15) is 40.7 Å². The number of anilines is 3. The standard InChI is InChI=1S/C19H24N6O5/c20-15-12(16(21)25-19(22)24-15)3-1-2-10-4-6-11(7-5-10)17(28)23-13(18(29)30)8-9-14(26)27/h4-7,13H,1-3,8-9H2,(H,23,28)(H,26,27)(H,29,30)(H6,20,21,22,24,25)/t13-/m0/s1. The highest BCUT2D eigenvalue weighted by Gasteiger charge is 2.21. The van der Waals surface area contributed by atoms with Crippen molar-refractivity contribution in [1.82, 2.24) is 15.3 Å². The van der Waals surface area contributed by atoms with Crippen LogP contribution in [0.5, 0.6) is 0 Å². The molecule has 0 aliphatic rings. The summed E-state index contributed by atoms with van der Waals surface area (Å²) in [4.78, 5) is 41.8. The molecule has 2 rings (SSSR count). The first-order valence-corrected chi connectivity index (χ1v) is 9.19. The van der Waals surface area contributed by atoms with Gasteiger partial charge in [-0.25, -0.2) is 4.79 Å². The van der Waals surface area contributed by atoms with Gasteiger partial charge in [0.15, 0.2) is 0 Å². The molecule has 0 unspecified atom stereocenters. The van der Waals surface area contributed by atoms with Crippen molar-refractivity contribution in [3.63, 3.8) is 0 Å². The van der Waals surface area contributed by atoms with Crippen LogP contribution in [0.15, 0.2) is 24.3 Å². The summed E-state index contributed by atoms with van der Waals surface area (Å²) in [6, 6.07) is 5.40. The van der Waals surface area contributed by atoms with E-state index in [1.54, 1.807) is 24.3 Å². The number of aromatic nitrogens is 2. The zero-order chi connectivity index (χ0) is 22.3. The molecule has 30 heavy (non-hydrogen) atoms. The third kappa shape index (κ3) is 6.33. The van der Waals surface area contributed by atoms with Gasteiger partial charge in [0.25, 0.3) is 5.91 Å². The molecular weight excluding hydrogens is 392 g/mol. The third-order valence-corrected chi connectivity index (χ3v) is 4.45. The summed E-state index contributed by atoms with van der Waals surface area (Å²) in [5.74, 6) is -2.47. The number of benzene rings is 1. The van der Waals surface area contributed by atoms with Crippen LogP contribution >= 0.6 is 0 Å². The Morgan fingerprint density at radius 2 is 1.57 bits per heavy atom. The summed E-state index contributed by atoms with van der Waals surface area (Å²) in [5, 5.41) is 20.1. The van der Waals surface area contributed by atoms with Crippen LogP contribution in [0.3, 0.4) is 0 Å². The molecule has 11 nitrogen and oxygen atoms in total. The van der Waals surface area contributed by atoms with Gasteiger partial charge in [-0.05, 0) is 43.4 Å². The Morgan fingerprint density at radius 1 is 0.967 bits per heavy atom. The number of carboxylic acid groups (broad SMARTS) is 2. The maximum Gasteiger partial charge on any atom is 0.326 e. The molecule has 9 N–H and O–H groups in total. The van der Waals surface area contributed by atoms with Crippen molar-refractivity contribution in [2.24, 2.45) is 0 Å². The molecule has 1 amide bonds. The topological polar surface area (TPSA) is 208 Å². The van der Waals surface area contributed by atoms with E-state index in [1.165, 1.54) is 0 Å². The van der Waals surface area contributed by atoms with Gasteiger partial charge in [0.1, 0.15) is 17.7 Å². The average Bonchev–Trinajstić information content (AvgIpc) is 2.67. The molecule has 0 radical (unpaired) electrons. The van der Waals surface area contributed by atoms with Crippen molar-refractivity contribution in [2.45, 2.75) is 38.1 Å². The molecule has 11 heteroatoms. The smallest absolute Gasteiger partial charge is 0.326 e. The Morgan fingerprint density at radius 3 is 2.10 bits per heavy atom. The van der Waals surface area contributed by atoms with E-state index in [1.807, 2.05) is 0 Å². The lowest BCUT2D eigenvalue weighted by Gasteiger charge is -2.13. The summed E-state index contributed by atoms with van der Waals surface area (Å²) in [7, 11) is 0. The van der Waals surface area contributed by atoms with Gasteiger partial charge in [0, 0.05) is 17.5 Å². The Labute approximate surface area is 172 Å². The van der Waals surface area contributed by atoms with Crippen LogP contribution in [0.2, 0.25) is 0 Å². The largest absolute Gasteiger partial charge is 0.481 e. The van der Waals surface area contributed by atoms with Crippen molar-refractivity contribution in [1.29, 1.82) is 0 Å². The second-order valence-electron chi connectivity index (χ2n) is 6.68. The first-order valence-electron chi connectivity index (χ1n) is 9.19. The number of carbonyl (C=O) groups is 3. The average molecular weight is 416 g/mol. The van der Waals surface area contributed by atoms with Gasteiger partial charge in [0.2, 0.25) is 5.95 Å². The number of hydrogen-bond acceptors (Lipinski definition) is 8. The van der Waals surface area contributed by atoms with E-state index in [-0.39, 0.29) is 36.0 Å². The van der Waals surface area contributed by atoms with E-state index >= 15 is 0 Å². The van der Waals surface area contributed by atoms with Crippen LogP contribution in [-0.4, -0.2) is 44.1 Å². The van der Waals surface area contributed by atoms with E-state index in [0.717, 1.165) is 5.56 Å². The predicted molar refractivity (Wildman–Crippen MR) is 109 cm³/mol. The van der Waals surface area contributed by atoms with Crippen LogP contribution in [0, 0.1) is 0 Å². The minimum atomic E-state index is -1.29. The first kappa shape index (κ1) is 22.4. The van der Waals surface area contributed by atoms with Gasteiger partial charge >= 0.3 is 11.9 Å². The molecule has 1 aromatic heterocycles. The molecule has 0 saturated carbocycles. The van der Waals surface area contributed by atoms with Gasteiger partial charge in [-0.15, -0.1) is 0 Å². The van der Waals surface area contributed by atoms with E-state index in [0.29, 0.717) is 24.8 Å². The number of carbonyl (C=O) groups excluding carboxylic acids is 1. The Kier molecular flexibility index (Phi) is 7.50. The maximum atomic E-state index is 12.2. The number of carboxylic acids is 2. The molecular formula is C19H24N6O5. The molecule has 0 aliphatic heterocycles. The van der Waals surface area contributed by atoms with Crippen molar-refractivity contribution in [3.8, 4) is 0 Å². The Bertz CT molecular complexity index is 909. The molecule has 0 fully saturated rings. The van der Waals surface area contributed by atoms with E-state index in [9.17, 15) is 14.4 Å². The molecule has 0 saturated heterocycles. The number of aliphatic carboxylic acids is 2. The maximum absolute atomic E-state index is 12.2. The fourth-order valence-electron chi connectivity index (χ4n) is 2.85. The van der Waals surface area contributed by atoms with Gasteiger partial charge in [-0.3, -0.25) is 9.59 Å². The highest BCUT2D eigenvalue weighted by molar-refractivity contribution is 5.96. The monoisotopic (exact) mass is 416 g/mol. The lowest BCUT2D eigenvalue weighted by Crippen LogP contribution is -2.41. The fraction of sp³-hybridized carbons (Fsp3) is 0.316. The number of nitrogen functional groups attached to an aromatic ring is 3. The number of nitrogens with two attached hydrogens (primary N) is 3. The Balaban J connectivity index is 1.92. The number of nitrogens with zero attached hydrogens (tertiary/aromatic N) is 2. The second-order valence-corrected chi connectivity index (χ2v) is 6.68. The van der Waals surface area contributed by atoms with E-state index < -0.39 is 23.9 Å². The molecule has 2 aromatic rings. The number of nitrogens with one attached hydrogen (secondary N) is 1. The van der Waals surface area contributed by atoms with Crippen LogP contribution in [0.4, 0.5) is 17.6 Å². The molecule has 160 valence electrons. The summed E-state index contributed by atoms with van der Waals surface area (Å²) < 4.78 is 0. The van der Waals surface area contributed by atoms with Crippen LogP contribution in [0.25, 0.3) is 0 Å². The first-order chi connectivity index (χ1) is 14.2. The zero-order valence-electron chi connectivity index (χ0n) is 16.2. The number of amides is 1. The molecule has 0 spiro atoms. The summed E-state index contributed by atoms with van der Waals surface area (Å²) in [5.41, 5.74) is 19.0. The number of aryl methyl sites for hydroxylation is 1. The minimum Gasteiger partial charge on any atom is -0.481 e.